The fourth-order valence-electron chi connectivity index (χ4n) is 3.76. The Morgan fingerprint density at radius 1 is 1.33 bits per heavy atom. The van der Waals surface area contributed by atoms with Crippen LogP contribution in [0, 0.1) is 0 Å². The number of hydrogen-bond donors (Lipinski definition) is 2. The predicted octanol–water partition coefficient (Wildman–Crippen LogP) is 0.547. The SMILES string of the molecule is O=C(c1n[nH]c2c1CCCCC2)N1CCC(O)(Cn2ccnn2)C1. The van der Waals surface area contributed by atoms with Crippen LogP contribution in [-0.4, -0.2) is 59.8 Å². The molecular weight excluding hydrogens is 308 g/mol. The number of carbonyl (C=O) groups is 1. The molecule has 8 nitrogen and oxygen atoms in total. The van der Waals surface area contributed by atoms with Crippen molar-refractivity contribution in [2.45, 2.75) is 50.7 Å². The van der Waals surface area contributed by atoms with Crippen LogP contribution in [-0.2, 0) is 19.4 Å². The highest BCUT2D eigenvalue weighted by Crippen LogP contribution is 2.27. The molecule has 8 heteroatoms. The number of aromatic nitrogens is 5. The fraction of sp³-hybridized carbons (Fsp3) is 0.625. The third-order valence-corrected chi connectivity index (χ3v) is 5.06. The number of nitrogens with zero attached hydrogens (tertiary/aromatic N) is 5. The summed E-state index contributed by atoms with van der Waals surface area (Å²) in [6.45, 7) is 1.18. The lowest BCUT2D eigenvalue weighted by Gasteiger charge is -2.23. The van der Waals surface area contributed by atoms with E-state index in [9.17, 15) is 9.90 Å². The number of amides is 1. The van der Waals surface area contributed by atoms with Gasteiger partial charge in [-0.1, -0.05) is 11.6 Å². The Labute approximate surface area is 139 Å². The summed E-state index contributed by atoms with van der Waals surface area (Å²) in [6, 6.07) is 0. The van der Waals surface area contributed by atoms with Gasteiger partial charge >= 0.3 is 0 Å². The summed E-state index contributed by atoms with van der Waals surface area (Å²) in [7, 11) is 0. The van der Waals surface area contributed by atoms with E-state index in [0.717, 1.165) is 36.9 Å². The van der Waals surface area contributed by atoms with Gasteiger partial charge in [-0.05, 0) is 32.1 Å². The summed E-state index contributed by atoms with van der Waals surface area (Å²) in [5.74, 6) is -0.0797. The minimum absolute atomic E-state index is 0.0797. The van der Waals surface area contributed by atoms with Crippen LogP contribution in [0.1, 0.15) is 47.4 Å². The number of rotatable bonds is 3. The molecule has 1 unspecified atom stereocenters. The molecular formula is C16H22N6O2. The molecule has 2 aliphatic rings. The second-order valence-corrected chi connectivity index (χ2v) is 6.89. The van der Waals surface area contributed by atoms with Crippen molar-refractivity contribution in [3.8, 4) is 0 Å². The second-order valence-electron chi connectivity index (χ2n) is 6.89. The summed E-state index contributed by atoms with van der Waals surface area (Å²) >= 11 is 0. The molecule has 0 aromatic carbocycles. The molecule has 0 bridgehead atoms. The van der Waals surface area contributed by atoms with Gasteiger partial charge in [0.15, 0.2) is 5.69 Å². The van der Waals surface area contributed by atoms with E-state index in [1.807, 2.05) is 0 Å². The molecule has 1 atom stereocenters. The third-order valence-electron chi connectivity index (χ3n) is 5.06. The van der Waals surface area contributed by atoms with Gasteiger partial charge in [-0.15, -0.1) is 5.10 Å². The molecule has 1 aliphatic carbocycles. The van der Waals surface area contributed by atoms with Crippen LogP contribution in [0.2, 0.25) is 0 Å². The number of likely N-dealkylation sites (tertiary alicyclic amines) is 1. The Morgan fingerprint density at radius 3 is 3.04 bits per heavy atom. The van der Waals surface area contributed by atoms with Crippen molar-refractivity contribution < 1.29 is 9.90 Å². The van der Waals surface area contributed by atoms with Gasteiger partial charge in [0.25, 0.3) is 5.91 Å². The number of carbonyl (C=O) groups excluding carboxylic acids is 1. The molecule has 0 saturated carbocycles. The third kappa shape index (κ3) is 2.82. The van der Waals surface area contributed by atoms with E-state index in [0.29, 0.717) is 31.7 Å². The predicted molar refractivity (Wildman–Crippen MR) is 85.3 cm³/mol. The first kappa shape index (κ1) is 15.3. The summed E-state index contributed by atoms with van der Waals surface area (Å²) in [5, 5.41) is 25.7. The van der Waals surface area contributed by atoms with Crippen molar-refractivity contribution in [1.82, 2.24) is 30.1 Å². The van der Waals surface area contributed by atoms with Gasteiger partial charge in [0.1, 0.15) is 5.60 Å². The van der Waals surface area contributed by atoms with E-state index in [1.54, 1.807) is 22.0 Å². The van der Waals surface area contributed by atoms with E-state index in [-0.39, 0.29) is 5.91 Å². The highest BCUT2D eigenvalue weighted by Gasteiger charge is 2.40. The molecule has 2 aromatic heterocycles. The zero-order valence-electron chi connectivity index (χ0n) is 13.6. The lowest BCUT2D eigenvalue weighted by Crippen LogP contribution is -2.39. The van der Waals surface area contributed by atoms with Crippen molar-refractivity contribution in [2.75, 3.05) is 13.1 Å². The van der Waals surface area contributed by atoms with Gasteiger partial charge in [-0.3, -0.25) is 9.89 Å². The summed E-state index contributed by atoms with van der Waals surface area (Å²) < 4.78 is 1.61. The number of hydrogen-bond acceptors (Lipinski definition) is 5. The molecule has 1 amide bonds. The molecule has 3 heterocycles. The minimum atomic E-state index is -0.962. The molecule has 24 heavy (non-hydrogen) atoms. The first-order valence-corrected chi connectivity index (χ1v) is 8.56. The summed E-state index contributed by atoms with van der Waals surface area (Å²) in [5.41, 5.74) is 1.76. The van der Waals surface area contributed by atoms with E-state index in [2.05, 4.69) is 20.5 Å². The van der Waals surface area contributed by atoms with Gasteiger partial charge in [-0.25, -0.2) is 4.68 Å². The normalized spacial score (nSPS) is 24.0. The molecule has 128 valence electrons. The number of aromatic amines is 1. The Morgan fingerprint density at radius 2 is 2.21 bits per heavy atom. The number of aliphatic hydroxyl groups is 1. The van der Waals surface area contributed by atoms with Gasteiger partial charge in [0, 0.05) is 24.0 Å². The average molecular weight is 330 g/mol. The Kier molecular flexibility index (Phi) is 3.84. The van der Waals surface area contributed by atoms with Crippen LogP contribution in [0.5, 0.6) is 0 Å². The van der Waals surface area contributed by atoms with Gasteiger partial charge in [0.2, 0.25) is 0 Å². The highest BCUT2D eigenvalue weighted by molar-refractivity contribution is 5.94. The largest absolute Gasteiger partial charge is 0.386 e. The van der Waals surface area contributed by atoms with Crippen LogP contribution in [0.4, 0.5) is 0 Å². The number of nitrogens with one attached hydrogen (secondary N) is 1. The van der Waals surface area contributed by atoms with Crippen LogP contribution < -0.4 is 0 Å². The van der Waals surface area contributed by atoms with Gasteiger partial charge < -0.3 is 10.0 Å². The van der Waals surface area contributed by atoms with Gasteiger partial charge in [-0.2, -0.15) is 5.10 Å². The maximum atomic E-state index is 12.9. The van der Waals surface area contributed by atoms with Crippen molar-refractivity contribution in [1.29, 1.82) is 0 Å². The molecule has 1 saturated heterocycles. The summed E-state index contributed by atoms with van der Waals surface area (Å²) in [6.07, 6.45) is 9.14. The maximum Gasteiger partial charge on any atom is 0.274 e. The lowest BCUT2D eigenvalue weighted by atomic mass is 10.0. The quantitative estimate of drug-likeness (QED) is 0.801. The zero-order chi connectivity index (χ0) is 16.6. The van der Waals surface area contributed by atoms with Gasteiger partial charge in [0.05, 0.1) is 19.3 Å². The standard InChI is InChI=1S/C16H22N6O2/c23-15(14-12-4-2-1-3-5-13(12)18-19-14)21-8-6-16(24,10-21)11-22-9-7-17-20-22/h7,9,24H,1-6,8,10-11H2,(H,18,19). The van der Waals surface area contributed by atoms with Crippen LogP contribution in [0.25, 0.3) is 0 Å². The molecule has 1 aliphatic heterocycles. The summed E-state index contributed by atoms with van der Waals surface area (Å²) in [4.78, 5) is 14.6. The Balaban J connectivity index is 1.49. The van der Waals surface area contributed by atoms with E-state index in [4.69, 9.17) is 0 Å². The fourth-order valence-corrected chi connectivity index (χ4v) is 3.76. The van der Waals surface area contributed by atoms with Crippen molar-refractivity contribution in [3.63, 3.8) is 0 Å². The molecule has 2 aromatic rings. The second kappa shape index (κ2) is 6.01. The van der Waals surface area contributed by atoms with Crippen molar-refractivity contribution in [3.05, 3.63) is 29.3 Å². The average Bonchev–Trinajstić information content (AvgIpc) is 3.26. The van der Waals surface area contributed by atoms with E-state index in [1.165, 1.54) is 6.42 Å². The van der Waals surface area contributed by atoms with Crippen LogP contribution >= 0.6 is 0 Å². The molecule has 0 radical (unpaired) electrons. The van der Waals surface area contributed by atoms with Crippen LogP contribution in [0.15, 0.2) is 12.4 Å². The zero-order valence-corrected chi connectivity index (χ0v) is 13.6. The number of β-amino-alcohol motifs (C(OH)–C–C–N with tert-alkyl or cyclic N) is 1. The van der Waals surface area contributed by atoms with Crippen molar-refractivity contribution >= 4 is 5.91 Å². The monoisotopic (exact) mass is 330 g/mol. The number of fused-ring (bicyclic) bond motifs is 1. The minimum Gasteiger partial charge on any atom is -0.386 e. The number of H-pyrrole nitrogens is 1. The molecule has 0 spiro atoms. The van der Waals surface area contributed by atoms with Crippen molar-refractivity contribution in [2.24, 2.45) is 0 Å². The topological polar surface area (TPSA) is 99.9 Å². The first-order valence-electron chi connectivity index (χ1n) is 8.56. The number of aryl methyl sites for hydroxylation is 1. The maximum absolute atomic E-state index is 12.9. The molecule has 4 rings (SSSR count). The lowest BCUT2D eigenvalue weighted by molar-refractivity contribution is 0.0265. The smallest absolute Gasteiger partial charge is 0.274 e. The molecule has 1 fully saturated rings. The van der Waals surface area contributed by atoms with E-state index >= 15 is 0 Å². The highest BCUT2D eigenvalue weighted by atomic mass is 16.3. The Hall–Kier alpha value is -2.22. The van der Waals surface area contributed by atoms with E-state index < -0.39 is 5.60 Å². The van der Waals surface area contributed by atoms with Crippen LogP contribution in [0.3, 0.4) is 0 Å². The Bertz CT molecular complexity index is 725. The molecule has 2 N–H and O–H groups in total. The first-order chi connectivity index (χ1) is 11.6.